The molecule has 0 atom stereocenters. The zero-order valence-electron chi connectivity index (χ0n) is 18.3. The van der Waals surface area contributed by atoms with Crippen molar-refractivity contribution in [3.05, 3.63) is 16.0 Å². The molecule has 0 aliphatic carbocycles. The fourth-order valence-corrected chi connectivity index (χ4v) is 4.23. The summed E-state index contributed by atoms with van der Waals surface area (Å²) in [4.78, 5) is 11.7. The molecule has 162 valence electrons. The van der Waals surface area contributed by atoms with Gasteiger partial charge in [0.15, 0.2) is 0 Å². The Hall–Kier alpha value is -1.04. The minimum atomic E-state index is -0.260. The highest BCUT2D eigenvalue weighted by molar-refractivity contribution is 7.99. The summed E-state index contributed by atoms with van der Waals surface area (Å²) in [6, 6.07) is 0. The second-order valence-electron chi connectivity index (χ2n) is 7.89. The molecule has 0 amide bonds. The van der Waals surface area contributed by atoms with Gasteiger partial charge >= 0.3 is 0 Å². The molecule has 0 radical (unpaired) electrons. The summed E-state index contributed by atoms with van der Waals surface area (Å²) in [6.07, 6.45) is 22.0. The summed E-state index contributed by atoms with van der Waals surface area (Å²) >= 11 is 1.52. The number of nitrogens with zero attached hydrogens (tertiary/aromatic N) is 3. The molecule has 0 aromatic carbocycles. The second-order valence-corrected chi connectivity index (χ2v) is 8.96. The van der Waals surface area contributed by atoms with Gasteiger partial charge in [0.25, 0.3) is 5.56 Å². The van der Waals surface area contributed by atoms with Gasteiger partial charge < -0.3 is 5.84 Å². The van der Waals surface area contributed by atoms with Gasteiger partial charge in [0.05, 0.1) is 0 Å². The van der Waals surface area contributed by atoms with E-state index in [1.54, 1.807) is 6.92 Å². The third kappa shape index (κ3) is 11.7. The normalized spacial score (nSPS) is 11.2. The van der Waals surface area contributed by atoms with E-state index in [2.05, 4.69) is 17.1 Å². The lowest BCUT2D eigenvalue weighted by Crippen LogP contribution is -2.32. The Morgan fingerprint density at radius 2 is 1.18 bits per heavy atom. The standard InChI is InChI=1S/C22H42N4OS/c1-3-4-5-6-7-8-9-10-11-12-13-14-15-16-17-18-19-28-22-25-24-20(2)21(27)26(22)23/h3-19,23H2,1-2H3. The Bertz CT molecular complexity index is 562. The maximum absolute atomic E-state index is 11.7. The van der Waals surface area contributed by atoms with Gasteiger partial charge in [-0.25, -0.2) is 0 Å². The molecular weight excluding hydrogens is 368 g/mol. The van der Waals surface area contributed by atoms with Crippen LogP contribution in [0.5, 0.6) is 0 Å². The summed E-state index contributed by atoms with van der Waals surface area (Å²) in [5.74, 6) is 6.67. The molecule has 1 rings (SSSR count). The number of nitrogens with two attached hydrogens (primary N) is 1. The van der Waals surface area contributed by atoms with Crippen LogP contribution in [0.15, 0.2) is 9.95 Å². The van der Waals surface area contributed by atoms with Crippen molar-refractivity contribution < 1.29 is 0 Å². The van der Waals surface area contributed by atoms with Crippen LogP contribution in [-0.4, -0.2) is 20.6 Å². The van der Waals surface area contributed by atoms with E-state index in [4.69, 9.17) is 5.84 Å². The lowest BCUT2D eigenvalue weighted by molar-refractivity contribution is 0.531. The smallest absolute Gasteiger partial charge is 0.294 e. The SMILES string of the molecule is CCCCCCCCCCCCCCCCCCSc1nnc(C)c(=O)n1N. The second kappa shape index (κ2) is 16.9. The molecule has 2 N–H and O–H groups in total. The van der Waals surface area contributed by atoms with Gasteiger partial charge in [0.1, 0.15) is 5.69 Å². The van der Waals surface area contributed by atoms with Crippen LogP contribution >= 0.6 is 11.8 Å². The highest BCUT2D eigenvalue weighted by atomic mass is 32.2. The largest absolute Gasteiger partial charge is 0.334 e. The van der Waals surface area contributed by atoms with E-state index in [1.807, 2.05) is 0 Å². The molecular formula is C22H42N4OS. The molecule has 0 saturated carbocycles. The van der Waals surface area contributed by atoms with Crippen molar-refractivity contribution in [3.63, 3.8) is 0 Å². The summed E-state index contributed by atoms with van der Waals surface area (Å²) in [5.41, 5.74) is 0.0822. The number of unbranched alkanes of at least 4 members (excludes halogenated alkanes) is 15. The molecule has 0 aliphatic rings. The van der Waals surface area contributed by atoms with E-state index in [0.717, 1.165) is 16.8 Å². The molecule has 0 unspecified atom stereocenters. The number of hydrogen-bond donors (Lipinski definition) is 1. The molecule has 6 heteroatoms. The molecule has 28 heavy (non-hydrogen) atoms. The first-order valence-electron chi connectivity index (χ1n) is 11.5. The molecule has 0 bridgehead atoms. The molecule has 5 nitrogen and oxygen atoms in total. The number of aromatic nitrogens is 3. The van der Waals surface area contributed by atoms with Gasteiger partial charge in [0, 0.05) is 5.75 Å². The van der Waals surface area contributed by atoms with Crippen LogP contribution in [0, 0.1) is 6.92 Å². The van der Waals surface area contributed by atoms with Crippen molar-refractivity contribution in [2.45, 2.75) is 122 Å². The van der Waals surface area contributed by atoms with Crippen molar-refractivity contribution in [3.8, 4) is 0 Å². The number of thioether (sulfide) groups is 1. The average molecular weight is 411 g/mol. The Balaban J connectivity index is 1.84. The van der Waals surface area contributed by atoms with Crippen molar-refractivity contribution in [1.82, 2.24) is 14.9 Å². The van der Waals surface area contributed by atoms with Crippen LogP contribution < -0.4 is 11.4 Å². The van der Waals surface area contributed by atoms with Crippen LogP contribution in [0.4, 0.5) is 0 Å². The van der Waals surface area contributed by atoms with Gasteiger partial charge in [-0.2, -0.15) is 4.68 Å². The zero-order chi connectivity index (χ0) is 20.5. The Kier molecular flexibility index (Phi) is 15.1. The molecule has 0 saturated heterocycles. The van der Waals surface area contributed by atoms with E-state index in [-0.39, 0.29) is 5.56 Å². The van der Waals surface area contributed by atoms with Crippen molar-refractivity contribution in [2.24, 2.45) is 0 Å². The molecule has 0 spiro atoms. The van der Waals surface area contributed by atoms with Gasteiger partial charge in [0.2, 0.25) is 5.16 Å². The zero-order valence-corrected chi connectivity index (χ0v) is 19.1. The van der Waals surface area contributed by atoms with Crippen molar-refractivity contribution in [1.29, 1.82) is 0 Å². The van der Waals surface area contributed by atoms with Crippen LogP contribution in [0.25, 0.3) is 0 Å². The summed E-state index contributed by atoms with van der Waals surface area (Å²) in [6.45, 7) is 3.91. The monoisotopic (exact) mass is 410 g/mol. The Labute approximate surface area is 176 Å². The number of hydrogen-bond acceptors (Lipinski definition) is 5. The van der Waals surface area contributed by atoms with Gasteiger partial charge in [-0.05, 0) is 13.3 Å². The third-order valence-electron chi connectivity index (χ3n) is 5.25. The minimum Gasteiger partial charge on any atom is -0.334 e. The first-order chi connectivity index (χ1) is 13.7. The number of rotatable bonds is 18. The van der Waals surface area contributed by atoms with Crippen LogP contribution in [0.1, 0.15) is 115 Å². The highest BCUT2D eigenvalue weighted by Crippen LogP contribution is 2.16. The fourth-order valence-electron chi connectivity index (χ4n) is 3.38. The van der Waals surface area contributed by atoms with Gasteiger partial charge in [-0.3, -0.25) is 4.79 Å². The fraction of sp³-hybridized carbons (Fsp3) is 0.864. The maximum atomic E-state index is 11.7. The average Bonchev–Trinajstić information content (AvgIpc) is 2.70. The molecule has 1 aromatic rings. The maximum Gasteiger partial charge on any atom is 0.294 e. The lowest BCUT2D eigenvalue weighted by atomic mass is 10.0. The third-order valence-corrected chi connectivity index (χ3v) is 6.28. The predicted octanol–water partition coefficient (Wildman–Crippen LogP) is 6.01. The van der Waals surface area contributed by atoms with Crippen molar-refractivity contribution >= 4 is 11.8 Å². The predicted molar refractivity (Wildman–Crippen MR) is 121 cm³/mol. The van der Waals surface area contributed by atoms with E-state index in [9.17, 15) is 4.79 Å². The highest BCUT2D eigenvalue weighted by Gasteiger charge is 2.06. The van der Waals surface area contributed by atoms with E-state index < -0.39 is 0 Å². The number of nitrogen functional groups attached to an aromatic ring is 1. The van der Waals surface area contributed by atoms with E-state index in [0.29, 0.717) is 10.9 Å². The van der Waals surface area contributed by atoms with Crippen LogP contribution in [0.2, 0.25) is 0 Å². The van der Waals surface area contributed by atoms with Crippen LogP contribution in [0.3, 0.4) is 0 Å². The van der Waals surface area contributed by atoms with Crippen LogP contribution in [-0.2, 0) is 0 Å². The molecule has 1 heterocycles. The number of aryl methyl sites for hydroxylation is 1. The summed E-state index contributed by atoms with van der Waals surface area (Å²) < 4.78 is 1.11. The summed E-state index contributed by atoms with van der Waals surface area (Å²) in [5, 5.41) is 8.36. The summed E-state index contributed by atoms with van der Waals surface area (Å²) in [7, 11) is 0. The Morgan fingerprint density at radius 3 is 1.64 bits per heavy atom. The quantitative estimate of drug-likeness (QED) is 0.182. The first-order valence-corrected chi connectivity index (χ1v) is 12.5. The molecule has 0 fully saturated rings. The molecule has 1 aromatic heterocycles. The Morgan fingerprint density at radius 1 is 0.750 bits per heavy atom. The van der Waals surface area contributed by atoms with E-state index in [1.165, 1.54) is 108 Å². The molecule has 0 aliphatic heterocycles. The van der Waals surface area contributed by atoms with Crippen molar-refractivity contribution in [2.75, 3.05) is 11.6 Å². The van der Waals surface area contributed by atoms with E-state index >= 15 is 0 Å². The van der Waals surface area contributed by atoms with Gasteiger partial charge in [-0.1, -0.05) is 115 Å². The van der Waals surface area contributed by atoms with Gasteiger partial charge in [-0.15, -0.1) is 10.2 Å². The topological polar surface area (TPSA) is 73.8 Å². The minimum absolute atomic E-state index is 0.260. The lowest BCUT2D eigenvalue weighted by Gasteiger charge is -2.06. The first kappa shape index (κ1) is 25.0.